The van der Waals surface area contributed by atoms with E-state index in [-0.39, 0.29) is 6.09 Å². The van der Waals surface area contributed by atoms with Crippen molar-refractivity contribution in [2.75, 3.05) is 32.7 Å². The molecule has 0 aliphatic carbocycles. The van der Waals surface area contributed by atoms with Crippen LogP contribution in [0.5, 0.6) is 0 Å². The number of ether oxygens (including phenoxy) is 1. The summed E-state index contributed by atoms with van der Waals surface area (Å²) in [5.74, 6) is 0. The monoisotopic (exact) mass is 365 g/mol. The highest BCUT2D eigenvalue weighted by Gasteiger charge is 2.35. The Morgan fingerprint density at radius 2 is 1.88 bits per heavy atom. The predicted molar refractivity (Wildman–Crippen MR) is 102 cm³/mol. The number of amides is 1. The summed E-state index contributed by atoms with van der Waals surface area (Å²) in [6.07, 6.45) is 1.37. The van der Waals surface area contributed by atoms with E-state index in [0.717, 1.165) is 32.5 Å². The van der Waals surface area contributed by atoms with Crippen LogP contribution in [-0.4, -0.2) is 83.3 Å². The fourth-order valence-corrected chi connectivity index (χ4v) is 3.60. The van der Waals surface area contributed by atoms with E-state index in [2.05, 4.69) is 36.6 Å². The molecule has 0 bridgehead atoms. The van der Waals surface area contributed by atoms with Crippen LogP contribution < -0.4 is 5.73 Å². The number of hydrogen-bond acceptors (Lipinski definition) is 6. The first-order valence-electron chi connectivity index (χ1n) is 9.76. The van der Waals surface area contributed by atoms with Crippen LogP contribution in [0.3, 0.4) is 0 Å². The molecule has 2 aliphatic rings. The number of piperazine rings is 1. The van der Waals surface area contributed by atoms with Gasteiger partial charge in [0.1, 0.15) is 11.6 Å². The second-order valence-corrected chi connectivity index (χ2v) is 8.66. The molecule has 2 atom stereocenters. The van der Waals surface area contributed by atoms with E-state index in [9.17, 15) is 10.1 Å². The van der Waals surface area contributed by atoms with E-state index in [1.54, 1.807) is 4.90 Å². The first-order valence-corrected chi connectivity index (χ1v) is 9.76. The summed E-state index contributed by atoms with van der Waals surface area (Å²) in [6, 6.07) is 2.92. The van der Waals surface area contributed by atoms with Crippen LogP contribution in [0.2, 0.25) is 0 Å². The molecule has 0 aromatic heterocycles. The maximum atomic E-state index is 12.7. The zero-order valence-corrected chi connectivity index (χ0v) is 16.9. The maximum Gasteiger partial charge on any atom is 0.411 e. The van der Waals surface area contributed by atoms with Crippen LogP contribution >= 0.6 is 0 Å². The van der Waals surface area contributed by atoms with Crippen molar-refractivity contribution in [1.29, 1.82) is 5.26 Å². The predicted octanol–water partition coefficient (Wildman–Crippen LogP) is 1.63. The van der Waals surface area contributed by atoms with Crippen molar-refractivity contribution in [3.05, 3.63) is 0 Å². The number of nitrogens with zero attached hydrogens (tertiary/aromatic N) is 4. The zero-order valence-electron chi connectivity index (χ0n) is 16.9. The zero-order chi connectivity index (χ0) is 19.5. The Hall–Kier alpha value is -1.36. The van der Waals surface area contributed by atoms with Gasteiger partial charge in [-0.15, -0.1) is 0 Å². The van der Waals surface area contributed by atoms with Gasteiger partial charge in [0, 0.05) is 50.8 Å². The Morgan fingerprint density at radius 1 is 1.23 bits per heavy atom. The number of nitriles is 1. The molecule has 2 heterocycles. The topological polar surface area (TPSA) is 85.8 Å². The van der Waals surface area contributed by atoms with Gasteiger partial charge in [0.25, 0.3) is 0 Å². The Morgan fingerprint density at radius 3 is 2.42 bits per heavy atom. The van der Waals surface area contributed by atoms with Crippen molar-refractivity contribution in [3.8, 4) is 6.07 Å². The quantitative estimate of drug-likeness (QED) is 0.770. The Labute approximate surface area is 158 Å². The second-order valence-electron chi connectivity index (χ2n) is 8.66. The Bertz CT molecular complexity index is 525. The third-order valence-electron chi connectivity index (χ3n) is 5.61. The number of carbonyl (C=O) groups is 1. The SMILES string of the molecule is CC(C)N1CCN(C(=O)OC(C)(C)CCC(C)N2CC(N)C2)[C@@H](C#N)C1. The molecule has 0 spiro atoms. The van der Waals surface area contributed by atoms with E-state index >= 15 is 0 Å². The largest absolute Gasteiger partial charge is 0.443 e. The van der Waals surface area contributed by atoms with Gasteiger partial charge in [0.15, 0.2) is 0 Å². The summed E-state index contributed by atoms with van der Waals surface area (Å²) in [5.41, 5.74) is 5.30. The molecule has 0 aromatic carbocycles. The lowest BCUT2D eigenvalue weighted by Crippen LogP contribution is -2.59. The summed E-state index contributed by atoms with van der Waals surface area (Å²) in [6.45, 7) is 14.1. The number of hydrogen-bond donors (Lipinski definition) is 1. The van der Waals surface area contributed by atoms with Crippen LogP contribution in [0.4, 0.5) is 4.79 Å². The van der Waals surface area contributed by atoms with Crippen LogP contribution in [0.25, 0.3) is 0 Å². The van der Waals surface area contributed by atoms with E-state index in [1.807, 2.05) is 13.8 Å². The normalized spacial score (nSPS) is 24.2. The van der Waals surface area contributed by atoms with Gasteiger partial charge in [0.05, 0.1) is 6.07 Å². The minimum Gasteiger partial charge on any atom is -0.443 e. The average Bonchev–Trinajstić information content (AvgIpc) is 2.55. The third kappa shape index (κ3) is 5.32. The first kappa shape index (κ1) is 20.9. The molecule has 1 unspecified atom stereocenters. The standard InChI is InChI=1S/C19H35N5O2/c1-14(2)22-8-9-24(17(10-20)13-22)18(25)26-19(4,5)7-6-15(3)23-11-16(21)12-23/h14-17H,6-9,11-13,21H2,1-5H3/t15?,17-/m0/s1. The molecular formula is C19H35N5O2. The lowest BCUT2D eigenvalue weighted by atomic mass is 9.96. The lowest BCUT2D eigenvalue weighted by molar-refractivity contribution is -0.0154. The molecule has 2 aliphatic heterocycles. The number of likely N-dealkylation sites (tertiary alicyclic amines) is 1. The molecule has 0 saturated carbocycles. The number of carbonyl (C=O) groups excluding carboxylic acids is 1. The second kappa shape index (κ2) is 8.55. The highest BCUT2D eigenvalue weighted by Crippen LogP contribution is 2.24. The minimum absolute atomic E-state index is 0.302. The van der Waals surface area contributed by atoms with Crippen molar-refractivity contribution in [3.63, 3.8) is 0 Å². The van der Waals surface area contributed by atoms with E-state index in [0.29, 0.717) is 31.2 Å². The maximum absolute atomic E-state index is 12.7. The highest BCUT2D eigenvalue weighted by molar-refractivity contribution is 5.69. The molecule has 148 valence electrons. The minimum atomic E-state index is -0.548. The van der Waals surface area contributed by atoms with E-state index in [4.69, 9.17) is 10.5 Å². The van der Waals surface area contributed by atoms with Gasteiger partial charge < -0.3 is 10.5 Å². The van der Waals surface area contributed by atoms with Gasteiger partial charge in [-0.3, -0.25) is 14.7 Å². The molecule has 7 nitrogen and oxygen atoms in total. The molecule has 7 heteroatoms. The molecule has 0 aromatic rings. The van der Waals surface area contributed by atoms with Crippen LogP contribution in [0, 0.1) is 11.3 Å². The van der Waals surface area contributed by atoms with Crippen LogP contribution in [0.15, 0.2) is 0 Å². The highest BCUT2D eigenvalue weighted by atomic mass is 16.6. The van der Waals surface area contributed by atoms with Crippen LogP contribution in [0.1, 0.15) is 47.5 Å². The number of rotatable bonds is 6. The van der Waals surface area contributed by atoms with E-state index < -0.39 is 11.6 Å². The molecule has 2 rings (SSSR count). The Balaban J connectivity index is 1.83. The Kier molecular flexibility index (Phi) is 6.89. The molecule has 2 N–H and O–H groups in total. The van der Waals surface area contributed by atoms with Crippen molar-refractivity contribution in [2.45, 2.75) is 77.2 Å². The van der Waals surface area contributed by atoms with Gasteiger partial charge in [-0.05, 0) is 47.5 Å². The molecule has 1 amide bonds. The van der Waals surface area contributed by atoms with Gasteiger partial charge in [0.2, 0.25) is 0 Å². The molecule has 2 fully saturated rings. The van der Waals surface area contributed by atoms with Gasteiger partial charge in [-0.2, -0.15) is 5.26 Å². The molecule has 2 saturated heterocycles. The summed E-state index contributed by atoms with van der Waals surface area (Å²) < 4.78 is 5.78. The fourth-order valence-electron chi connectivity index (χ4n) is 3.60. The van der Waals surface area contributed by atoms with Gasteiger partial charge in [-0.25, -0.2) is 4.79 Å². The lowest BCUT2D eigenvalue weighted by Gasteiger charge is -2.42. The average molecular weight is 366 g/mol. The molecule has 0 radical (unpaired) electrons. The van der Waals surface area contributed by atoms with E-state index in [1.165, 1.54) is 0 Å². The summed E-state index contributed by atoms with van der Waals surface area (Å²) in [7, 11) is 0. The van der Waals surface area contributed by atoms with Crippen molar-refractivity contribution in [1.82, 2.24) is 14.7 Å². The van der Waals surface area contributed by atoms with Gasteiger partial charge >= 0.3 is 6.09 Å². The summed E-state index contributed by atoms with van der Waals surface area (Å²) in [4.78, 5) is 18.8. The summed E-state index contributed by atoms with van der Waals surface area (Å²) >= 11 is 0. The third-order valence-corrected chi connectivity index (χ3v) is 5.61. The smallest absolute Gasteiger partial charge is 0.411 e. The van der Waals surface area contributed by atoms with Crippen molar-refractivity contribution >= 4 is 6.09 Å². The fraction of sp³-hybridized carbons (Fsp3) is 0.895. The van der Waals surface area contributed by atoms with Crippen molar-refractivity contribution < 1.29 is 9.53 Å². The molecular weight excluding hydrogens is 330 g/mol. The number of nitrogens with two attached hydrogens (primary N) is 1. The molecule has 26 heavy (non-hydrogen) atoms. The summed E-state index contributed by atoms with van der Waals surface area (Å²) in [5, 5.41) is 9.46. The first-order chi connectivity index (χ1) is 12.1. The van der Waals surface area contributed by atoms with Gasteiger partial charge in [-0.1, -0.05) is 0 Å². The van der Waals surface area contributed by atoms with Crippen molar-refractivity contribution in [2.24, 2.45) is 5.73 Å². The van der Waals surface area contributed by atoms with Crippen LogP contribution in [-0.2, 0) is 4.74 Å².